The summed E-state index contributed by atoms with van der Waals surface area (Å²) in [5.74, 6) is 1.52. The summed E-state index contributed by atoms with van der Waals surface area (Å²) in [4.78, 5) is 136. The highest BCUT2D eigenvalue weighted by Gasteiger charge is 2.61. The normalized spacial score (nSPS) is 20.0. The maximum atomic E-state index is 13.5. The number of nitrogens with zero attached hydrogens (tertiary/aromatic N) is 18. The van der Waals surface area contributed by atoms with Crippen LogP contribution in [0.4, 0.5) is 19.2 Å². The predicted octanol–water partition coefficient (Wildman–Crippen LogP) is 15.3. The van der Waals surface area contributed by atoms with Crippen LogP contribution in [0.5, 0.6) is 11.5 Å². The zero-order valence-electron chi connectivity index (χ0n) is 75.5. The van der Waals surface area contributed by atoms with Gasteiger partial charge in [0.15, 0.2) is 0 Å². The van der Waals surface area contributed by atoms with E-state index in [0.29, 0.717) is 73.6 Å². The highest BCUT2D eigenvalue weighted by Crippen LogP contribution is 2.46. The molecule has 20 rings (SSSR count). The summed E-state index contributed by atoms with van der Waals surface area (Å²) in [5, 5.41) is 35.9. The number of carbonyl (C=O) groups is 8. The van der Waals surface area contributed by atoms with Crippen LogP contribution >= 0.6 is 22.7 Å². The van der Waals surface area contributed by atoms with E-state index in [1.54, 1.807) is 168 Å². The van der Waals surface area contributed by atoms with Crippen molar-refractivity contribution in [2.45, 2.75) is 164 Å². The van der Waals surface area contributed by atoms with Gasteiger partial charge < -0.3 is 29.1 Å². The average molecular weight is 1810 g/mol. The van der Waals surface area contributed by atoms with Crippen molar-refractivity contribution < 1.29 is 47.8 Å². The fraction of sp³-hybridized carbons (Fsp3) is 0.392. The zero-order valence-corrected chi connectivity index (χ0v) is 77.2. The van der Waals surface area contributed by atoms with Crippen LogP contribution in [0.25, 0.3) is 20.4 Å². The van der Waals surface area contributed by atoms with Crippen molar-refractivity contribution in [1.29, 1.82) is 21.0 Å². The molecule has 28 nitrogen and oxygen atoms in total. The predicted molar refractivity (Wildman–Crippen MR) is 498 cm³/mol. The van der Waals surface area contributed by atoms with Gasteiger partial charge in [0.05, 0.1) is 117 Å². The van der Waals surface area contributed by atoms with E-state index >= 15 is 0 Å². The van der Waals surface area contributed by atoms with Crippen molar-refractivity contribution in [3.63, 3.8) is 0 Å². The summed E-state index contributed by atoms with van der Waals surface area (Å²) in [6.45, 7) is 17.1. The highest BCUT2D eigenvalue weighted by atomic mass is 32.1. The van der Waals surface area contributed by atoms with Crippen LogP contribution in [-0.2, 0) is 58.2 Å². The second-order valence-electron chi connectivity index (χ2n) is 36.2. The third kappa shape index (κ3) is 17.0. The number of ether oxygens (including phenoxy) is 2. The van der Waals surface area contributed by atoms with Gasteiger partial charge in [0.2, 0.25) is 0 Å². The fourth-order valence-corrected chi connectivity index (χ4v) is 22.0. The molecule has 132 heavy (non-hydrogen) atoms. The van der Waals surface area contributed by atoms with E-state index in [2.05, 4.69) is 154 Å². The lowest BCUT2D eigenvalue weighted by Gasteiger charge is -2.43. The lowest BCUT2D eigenvalue weighted by molar-refractivity contribution is -0.136. The Morgan fingerprint density at radius 1 is 0.333 bits per heavy atom. The SMILES string of the molecule is C[C@@H](c1ccc2c(c1)OCC2)N1CCC2(CC1)C(=O)N(Cc1ccc(C#N)cc1)C(=O)N2C.C[C@@H](c1ccc2scnc2c1)N1CCC2(CC1)C(=O)N(Cc1ccc(C#N)cc1)C(=O)N2C.C[C@H](c1ccc2c(c1)OCC2)N1CCC2(CC1)C(=O)N(Cc1ccc(C#N)cc1)C(=O)N2C.C[C@H](c1ccc2scnc2c1)N1CCC2(CC1)C(=O)N(Cc1ccc(C#N)cc1)C(=O)N2C. The minimum absolute atomic E-state index is 0.113. The van der Waals surface area contributed by atoms with E-state index < -0.39 is 22.2 Å². The lowest BCUT2D eigenvalue weighted by atomic mass is 9.85. The number of rotatable bonds is 16. The van der Waals surface area contributed by atoms with Crippen LogP contribution in [0.15, 0.2) is 181 Å². The molecule has 10 aliphatic heterocycles. The number of piperidine rings is 4. The number of amides is 12. The van der Waals surface area contributed by atoms with Gasteiger partial charge in [0, 0.05) is 118 Å². The second kappa shape index (κ2) is 37.5. The zero-order chi connectivity index (χ0) is 92.7. The monoisotopic (exact) mass is 1810 g/mol. The largest absolute Gasteiger partial charge is 0.493 e. The van der Waals surface area contributed by atoms with Crippen LogP contribution in [-0.4, -0.2) is 232 Å². The molecule has 0 aliphatic carbocycles. The highest BCUT2D eigenvalue weighted by molar-refractivity contribution is 7.17. The number of aromatic nitrogens is 2. The smallest absolute Gasteiger partial charge is 0.327 e. The number of likely N-dealkylation sites (tertiary alicyclic amines) is 4. The third-order valence-corrected chi connectivity index (χ3v) is 31.3. The minimum atomic E-state index is -0.779. The molecule has 0 N–H and O–H groups in total. The number of nitriles is 4. The number of imide groups is 4. The Bertz CT molecular complexity index is 5900. The molecule has 0 radical (unpaired) electrons. The van der Waals surface area contributed by atoms with Gasteiger partial charge in [-0.25, -0.2) is 29.1 Å². The Kier molecular flexibility index (Phi) is 25.8. The number of likely N-dealkylation sites (N-methyl/N-ethyl adjacent to an activating group) is 4. The van der Waals surface area contributed by atoms with Crippen LogP contribution < -0.4 is 9.47 Å². The summed E-state index contributed by atoms with van der Waals surface area (Å²) < 4.78 is 13.8. The Balaban J connectivity index is 0.000000123. The van der Waals surface area contributed by atoms with E-state index in [1.807, 2.05) is 11.0 Å². The molecule has 676 valence electrons. The molecular formula is C102H106N18O10S2. The second-order valence-corrected chi connectivity index (χ2v) is 38.0. The molecule has 8 saturated heterocycles. The molecule has 4 spiro atoms. The molecule has 8 fully saturated rings. The quantitative estimate of drug-likeness (QED) is 0.0811. The van der Waals surface area contributed by atoms with E-state index in [1.165, 1.54) is 62.4 Å². The van der Waals surface area contributed by atoms with Crippen LogP contribution in [0.1, 0.15) is 181 Å². The first-order valence-electron chi connectivity index (χ1n) is 45.2. The van der Waals surface area contributed by atoms with Crippen molar-refractivity contribution in [2.24, 2.45) is 0 Å². The maximum absolute atomic E-state index is 13.5. The standard InChI is InChI=1S/2C26H28N4O3.2C25H25N5O2S/c2*1-18(22-8-7-21-9-14-33-23(21)15-22)29-12-10-26(11-13-29)24(31)30(25(32)28(26)2)17-20-5-3-19(16-27)4-6-20;2*1-17(20-7-8-22-21(13-20)27-16-33-22)29-11-9-25(10-12-29)23(31)30(24(32)28(25)2)15-19-5-3-18(14-26)4-6-19/h2*3-8,15,18H,9-14,17H2,1-2H3;2*3-8,13,16-17H,9-12,15H2,1-2H3/t2*18-;2*17-/m1010/s1. The molecular weight excluding hydrogens is 1700 g/mol. The van der Waals surface area contributed by atoms with Gasteiger partial charge in [-0.3, -0.25) is 58.4 Å². The topological polar surface area (TPSA) is 315 Å². The molecule has 12 amide bonds. The fourth-order valence-electron chi connectivity index (χ4n) is 20.7. The van der Waals surface area contributed by atoms with Gasteiger partial charge in [-0.15, -0.1) is 22.7 Å². The molecule has 12 heterocycles. The Morgan fingerprint density at radius 2 is 0.568 bits per heavy atom. The van der Waals surface area contributed by atoms with Crippen LogP contribution in [0, 0.1) is 45.3 Å². The van der Waals surface area contributed by atoms with Crippen molar-refractivity contribution in [3.05, 3.63) is 259 Å². The number of carbonyl (C=O) groups excluding carboxylic acids is 8. The number of hydrogen-bond donors (Lipinski definition) is 0. The van der Waals surface area contributed by atoms with Crippen molar-refractivity contribution >= 4 is 90.9 Å². The van der Waals surface area contributed by atoms with Crippen molar-refractivity contribution in [2.75, 3.05) is 93.8 Å². The number of urea groups is 4. The third-order valence-electron chi connectivity index (χ3n) is 29.7. The van der Waals surface area contributed by atoms with Crippen LogP contribution in [0.2, 0.25) is 0 Å². The van der Waals surface area contributed by atoms with Gasteiger partial charge in [-0.05, 0) is 220 Å². The molecule has 8 aromatic carbocycles. The molecule has 0 unspecified atom stereocenters. The van der Waals surface area contributed by atoms with Crippen LogP contribution in [0.3, 0.4) is 0 Å². The van der Waals surface area contributed by atoms with Gasteiger partial charge >= 0.3 is 24.1 Å². The molecule has 0 saturated carbocycles. The lowest BCUT2D eigenvalue weighted by Crippen LogP contribution is -2.55. The summed E-state index contributed by atoms with van der Waals surface area (Å²) in [7, 11) is 6.98. The van der Waals surface area contributed by atoms with Crippen molar-refractivity contribution in [1.82, 2.24) is 68.8 Å². The van der Waals surface area contributed by atoms with Gasteiger partial charge in [-0.1, -0.05) is 84.9 Å². The molecule has 30 heteroatoms. The number of hydrogen-bond acceptors (Lipinski definition) is 22. The molecule has 10 aromatic rings. The first-order valence-corrected chi connectivity index (χ1v) is 47.0. The van der Waals surface area contributed by atoms with E-state index in [4.69, 9.17) is 30.5 Å². The first kappa shape index (κ1) is 90.6. The maximum Gasteiger partial charge on any atom is 0.327 e. The Morgan fingerprint density at radius 3 is 0.811 bits per heavy atom. The van der Waals surface area contributed by atoms with Gasteiger partial charge in [0.1, 0.15) is 33.7 Å². The van der Waals surface area contributed by atoms with E-state index in [0.717, 1.165) is 123 Å². The molecule has 2 aromatic heterocycles. The number of fused-ring (bicyclic) bond motifs is 4. The van der Waals surface area contributed by atoms with Gasteiger partial charge in [-0.2, -0.15) is 21.0 Å². The molecule has 10 aliphatic rings. The number of thiazole rings is 2. The van der Waals surface area contributed by atoms with E-state index in [-0.39, 0.29) is 98.1 Å². The Labute approximate surface area is 776 Å². The minimum Gasteiger partial charge on any atom is -0.493 e. The Hall–Kier alpha value is -13.3. The number of benzene rings is 8. The van der Waals surface area contributed by atoms with E-state index in [9.17, 15) is 38.4 Å². The summed E-state index contributed by atoms with van der Waals surface area (Å²) in [6.07, 6.45) is 6.85. The average Bonchev–Trinajstić information content (AvgIpc) is 1.60. The molecule has 0 bridgehead atoms. The van der Waals surface area contributed by atoms with Gasteiger partial charge in [0.25, 0.3) is 23.6 Å². The summed E-state index contributed by atoms with van der Waals surface area (Å²) >= 11 is 3.28. The summed E-state index contributed by atoms with van der Waals surface area (Å²) in [5.41, 5.74) is 15.7. The molecule has 4 atom stereocenters. The summed E-state index contributed by atoms with van der Waals surface area (Å²) in [6, 6.07) is 62.1. The first-order chi connectivity index (χ1) is 63.7. The van der Waals surface area contributed by atoms with Crippen molar-refractivity contribution in [3.8, 4) is 35.8 Å².